The zero-order valence-electron chi connectivity index (χ0n) is 9.09. The van der Waals surface area contributed by atoms with Crippen molar-refractivity contribution in [3.8, 4) is 0 Å². The van der Waals surface area contributed by atoms with Gasteiger partial charge in [-0.05, 0) is 44.7 Å². The highest BCUT2D eigenvalue weighted by atomic mass is 15.2. The normalized spacial score (nSPS) is 34.9. The van der Waals surface area contributed by atoms with E-state index < -0.39 is 0 Å². The molecule has 2 atom stereocenters. The molecule has 1 heterocycles. The third-order valence-corrected chi connectivity index (χ3v) is 3.76. The van der Waals surface area contributed by atoms with E-state index in [1.165, 1.54) is 25.8 Å². The summed E-state index contributed by atoms with van der Waals surface area (Å²) in [5.74, 6) is 1.65. The molecule has 2 rings (SSSR count). The fraction of sp³-hybridized carbons (Fsp3) is 0.833. The maximum Gasteiger partial charge on any atom is 0.0161 e. The molecule has 0 amide bonds. The molecule has 0 aromatic rings. The zero-order valence-corrected chi connectivity index (χ0v) is 9.09. The van der Waals surface area contributed by atoms with Gasteiger partial charge in [0.1, 0.15) is 0 Å². The third kappa shape index (κ3) is 1.54. The number of allylic oxidation sites excluding steroid dienone is 1. The molecule has 0 spiro atoms. The van der Waals surface area contributed by atoms with E-state index in [1.54, 1.807) is 5.57 Å². The highest BCUT2D eigenvalue weighted by Crippen LogP contribution is 2.38. The van der Waals surface area contributed by atoms with Crippen molar-refractivity contribution in [1.29, 1.82) is 0 Å². The molecule has 74 valence electrons. The van der Waals surface area contributed by atoms with E-state index >= 15 is 0 Å². The smallest absolute Gasteiger partial charge is 0.0161 e. The van der Waals surface area contributed by atoms with Crippen molar-refractivity contribution in [2.75, 3.05) is 13.6 Å². The molecule has 0 N–H and O–H groups in total. The number of nitrogens with zero attached hydrogens (tertiary/aromatic N) is 1. The lowest BCUT2D eigenvalue weighted by Crippen LogP contribution is -2.32. The highest BCUT2D eigenvalue weighted by Gasteiger charge is 2.36. The predicted octanol–water partition coefficient (Wildman–Crippen LogP) is 2.68. The summed E-state index contributed by atoms with van der Waals surface area (Å²) in [4.78, 5) is 2.56. The van der Waals surface area contributed by atoms with Gasteiger partial charge in [-0.1, -0.05) is 25.5 Å². The monoisotopic (exact) mass is 179 g/mol. The molecule has 1 fully saturated rings. The molecular formula is C12H21N. The number of hydrogen-bond acceptors (Lipinski definition) is 1. The summed E-state index contributed by atoms with van der Waals surface area (Å²) >= 11 is 0. The molecule has 0 bridgehead atoms. The van der Waals surface area contributed by atoms with Crippen molar-refractivity contribution in [2.45, 2.75) is 39.2 Å². The van der Waals surface area contributed by atoms with Crippen LogP contribution in [0, 0.1) is 11.8 Å². The standard InChI is InChI=1S/C12H21N/c1-9(2)10-5-4-6-12-11(10)7-8-13(12)3/h5,9,11-12H,4,6-8H2,1-3H3. The fourth-order valence-corrected chi connectivity index (χ4v) is 3.05. The minimum Gasteiger partial charge on any atom is -0.303 e. The van der Waals surface area contributed by atoms with Gasteiger partial charge in [-0.3, -0.25) is 0 Å². The number of hydrogen-bond donors (Lipinski definition) is 0. The Balaban J connectivity index is 2.17. The van der Waals surface area contributed by atoms with Gasteiger partial charge in [0.2, 0.25) is 0 Å². The average molecular weight is 179 g/mol. The van der Waals surface area contributed by atoms with Gasteiger partial charge in [0.15, 0.2) is 0 Å². The Morgan fingerprint density at radius 3 is 2.85 bits per heavy atom. The van der Waals surface area contributed by atoms with Crippen LogP contribution in [0.15, 0.2) is 11.6 Å². The minimum atomic E-state index is 0.763. The molecule has 1 nitrogen and oxygen atoms in total. The second-order valence-corrected chi connectivity index (χ2v) is 4.88. The van der Waals surface area contributed by atoms with Crippen LogP contribution in [0.4, 0.5) is 0 Å². The van der Waals surface area contributed by atoms with E-state index in [-0.39, 0.29) is 0 Å². The third-order valence-electron chi connectivity index (χ3n) is 3.76. The quantitative estimate of drug-likeness (QED) is 0.559. The van der Waals surface area contributed by atoms with E-state index in [0.717, 1.165) is 17.9 Å². The molecule has 0 saturated carbocycles. The summed E-state index contributed by atoms with van der Waals surface area (Å²) in [6, 6.07) is 0.863. The fourth-order valence-electron chi connectivity index (χ4n) is 3.05. The van der Waals surface area contributed by atoms with Crippen LogP contribution in [0.3, 0.4) is 0 Å². The Morgan fingerprint density at radius 2 is 2.15 bits per heavy atom. The Hall–Kier alpha value is -0.300. The van der Waals surface area contributed by atoms with Crippen LogP contribution in [-0.4, -0.2) is 24.5 Å². The van der Waals surface area contributed by atoms with Crippen LogP contribution < -0.4 is 0 Å². The van der Waals surface area contributed by atoms with E-state index in [2.05, 4.69) is 31.9 Å². The molecule has 2 unspecified atom stereocenters. The second kappa shape index (κ2) is 3.45. The molecule has 1 aliphatic heterocycles. The first-order chi connectivity index (χ1) is 6.20. The maximum atomic E-state index is 2.56. The lowest BCUT2D eigenvalue weighted by atomic mass is 9.79. The van der Waals surface area contributed by atoms with Crippen molar-refractivity contribution in [2.24, 2.45) is 11.8 Å². The Kier molecular flexibility index (Phi) is 2.46. The summed E-state index contributed by atoms with van der Waals surface area (Å²) in [6.45, 7) is 5.98. The van der Waals surface area contributed by atoms with Crippen LogP contribution in [-0.2, 0) is 0 Å². The number of rotatable bonds is 1. The van der Waals surface area contributed by atoms with Crippen LogP contribution in [0.2, 0.25) is 0 Å². The molecule has 13 heavy (non-hydrogen) atoms. The topological polar surface area (TPSA) is 3.24 Å². The van der Waals surface area contributed by atoms with Gasteiger partial charge in [-0.15, -0.1) is 0 Å². The minimum absolute atomic E-state index is 0.763. The Morgan fingerprint density at radius 1 is 1.38 bits per heavy atom. The largest absolute Gasteiger partial charge is 0.303 e. The SMILES string of the molecule is CC(C)C1=CCCC2C1CCN2C. The first-order valence-electron chi connectivity index (χ1n) is 5.60. The first-order valence-corrected chi connectivity index (χ1v) is 5.60. The number of fused-ring (bicyclic) bond motifs is 1. The van der Waals surface area contributed by atoms with Gasteiger partial charge < -0.3 is 4.90 Å². The van der Waals surface area contributed by atoms with E-state index in [4.69, 9.17) is 0 Å². The lowest BCUT2D eigenvalue weighted by Gasteiger charge is -2.32. The molecule has 1 saturated heterocycles. The van der Waals surface area contributed by atoms with Gasteiger partial charge in [0, 0.05) is 6.04 Å². The molecule has 2 aliphatic rings. The van der Waals surface area contributed by atoms with Gasteiger partial charge in [0.05, 0.1) is 0 Å². The predicted molar refractivity (Wildman–Crippen MR) is 56.7 cm³/mol. The van der Waals surface area contributed by atoms with Crippen molar-refractivity contribution in [3.05, 3.63) is 11.6 Å². The van der Waals surface area contributed by atoms with Crippen LogP contribution in [0.1, 0.15) is 33.1 Å². The zero-order chi connectivity index (χ0) is 9.42. The van der Waals surface area contributed by atoms with E-state index in [0.29, 0.717) is 0 Å². The molecule has 1 heteroatoms. The summed E-state index contributed by atoms with van der Waals surface area (Å²) in [6.07, 6.45) is 6.59. The van der Waals surface area contributed by atoms with E-state index in [1.807, 2.05) is 0 Å². The van der Waals surface area contributed by atoms with Gasteiger partial charge in [-0.25, -0.2) is 0 Å². The van der Waals surface area contributed by atoms with Crippen LogP contribution in [0.5, 0.6) is 0 Å². The molecule has 1 aliphatic carbocycles. The van der Waals surface area contributed by atoms with Gasteiger partial charge >= 0.3 is 0 Å². The summed E-state index contributed by atoms with van der Waals surface area (Å²) in [5, 5.41) is 0. The van der Waals surface area contributed by atoms with Crippen LogP contribution in [0.25, 0.3) is 0 Å². The Labute approximate surface area is 81.8 Å². The number of likely N-dealkylation sites (tertiary alicyclic amines) is 1. The summed E-state index contributed by atoms with van der Waals surface area (Å²) < 4.78 is 0. The molecule has 0 aromatic carbocycles. The average Bonchev–Trinajstić information content (AvgIpc) is 2.48. The van der Waals surface area contributed by atoms with Crippen molar-refractivity contribution < 1.29 is 0 Å². The summed E-state index contributed by atoms with van der Waals surface area (Å²) in [5.41, 5.74) is 1.74. The Bertz CT molecular complexity index is 217. The molecule has 0 aromatic heterocycles. The van der Waals surface area contributed by atoms with Gasteiger partial charge in [-0.2, -0.15) is 0 Å². The molecule has 0 radical (unpaired) electrons. The van der Waals surface area contributed by atoms with Crippen LogP contribution >= 0.6 is 0 Å². The highest BCUT2D eigenvalue weighted by molar-refractivity contribution is 5.18. The van der Waals surface area contributed by atoms with Crippen molar-refractivity contribution >= 4 is 0 Å². The van der Waals surface area contributed by atoms with Gasteiger partial charge in [0.25, 0.3) is 0 Å². The van der Waals surface area contributed by atoms with Crippen molar-refractivity contribution in [1.82, 2.24) is 4.90 Å². The second-order valence-electron chi connectivity index (χ2n) is 4.88. The lowest BCUT2D eigenvalue weighted by molar-refractivity contribution is 0.258. The molecular weight excluding hydrogens is 158 g/mol. The maximum absolute atomic E-state index is 2.56. The summed E-state index contributed by atoms with van der Waals surface area (Å²) in [7, 11) is 2.29. The van der Waals surface area contributed by atoms with E-state index in [9.17, 15) is 0 Å². The van der Waals surface area contributed by atoms with Crippen molar-refractivity contribution in [3.63, 3.8) is 0 Å². The first kappa shape index (κ1) is 9.26.